The molecule has 0 rings (SSSR count). The number of rotatable bonds is 73. The van der Waals surface area contributed by atoms with Gasteiger partial charge in [-0.1, -0.05) is 371 Å². The lowest BCUT2D eigenvalue weighted by Crippen LogP contribution is -2.45. The van der Waals surface area contributed by atoms with Gasteiger partial charge in [0.05, 0.1) is 25.4 Å². The lowest BCUT2D eigenvalue weighted by molar-refractivity contribution is -0.143. The van der Waals surface area contributed by atoms with E-state index < -0.39 is 12.1 Å². The Kier molecular flexibility index (Phi) is 72.9. The predicted octanol–water partition coefficient (Wildman–Crippen LogP) is 25.4. The average Bonchev–Trinajstić information content (AvgIpc) is 3.51. The van der Waals surface area contributed by atoms with Crippen LogP contribution in [0.2, 0.25) is 0 Å². The molecule has 3 N–H and O–H groups in total. The molecule has 0 aliphatic rings. The summed E-state index contributed by atoms with van der Waals surface area (Å²) in [7, 11) is 0. The Morgan fingerprint density at radius 1 is 0.318 bits per heavy atom. The minimum atomic E-state index is -0.844. The van der Waals surface area contributed by atoms with Gasteiger partial charge in [-0.15, -0.1) is 0 Å². The molecule has 6 nitrogen and oxygen atoms in total. The minimum Gasteiger partial charge on any atom is -0.466 e. The monoisotopic (exact) mass is 1190 g/mol. The van der Waals surface area contributed by atoms with E-state index in [0.29, 0.717) is 19.4 Å². The summed E-state index contributed by atoms with van der Waals surface area (Å²) in [6.07, 6.45) is 96.9. The van der Waals surface area contributed by atoms with Crippen LogP contribution in [0.5, 0.6) is 0 Å². The topological polar surface area (TPSA) is 95.9 Å². The van der Waals surface area contributed by atoms with Crippen LogP contribution < -0.4 is 5.32 Å². The maximum Gasteiger partial charge on any atom is 0.305 e. The third-order valence-electron chi connectivity index (χ3n) is 18.1. The molecular formula is C79H151NO5. The standard InChI is InChI=1S/C79H151NO5/c1-3-5-7-9-11-13-15-17-18-19-20-21-33-36-39-42-45-48-51-55-59-63-67-71-77(82)76(75-81)80-78(83)72-68-64-60-56-52-49-46-43-40-37-34-31-29-27-25-23-22-24-26-28-30-32-35-38-41-44-47-50-54-58-62-66-70-74-85-79(84)73-69-65-61-57-53-16-14-12-10-8-6-4-2/h12,14,26,28,67,71,76-77,81-82H,3-11,13,15-25,27,29-66,68-70,72-75H2,1-2H3,(H,80,83)/b14-12-,28-26-,71-67+. The third kappa shape index (κ3) is 71.0. The summed E-state index contributed by atoms with van der Waals surface area (Å²) in [4.78, 5) is 24.6. The van der Waals surface area contributed by atoms with Crippen LogP contribution in [0, 0.1) is 0 Å². The van der Waals surface area contributed by atoms with Crippen molar-refractivity contribution in [3.63, 3.8) is 0 Å². The van der Waals surface area contributed by atoms with E-state index in [9.17, 15) is 19.8 Å². The molecule has 85 heavy (non-hydrogen) atoms. The van der Waals surface area contributed by atoms with Crippen molar-refractivity contribution in [2.24, 2.45) is 0 Å². The molecule has 0 aromatic heterocycles. The molecule has 2 atom stereocenters. The summed E-state index contributed by atoms with van der Waals surface area (Å²) in [5.74, 6) is -0.0514. The van der Waals surface area contributed by atoms with Crippen molar-refractivity contribution < 1.29 is 24.5 Å². The summed E-state index contributed by atoms with van der Waals surface area (Å²) in [6.45, 7) is 4.92. The van der Waals surface area contributed by atoms with Gasteiger partial charge in [0.1, 0.15) is 0 Å². The highest BCUT2D eigenvalue weighted by Gasteiger charge is 2.18. The SMILES string of the molecule is CCCCC/C=C\CCCCCCCC(=O)OCCCCCCCCCCCCCC/C=C\CCCCCCCCCCCCCCCCCCCC(=O)NC(CO)C(O)/C=C/CCCCCCCCCCCCCCCCCCCCCCC. The van der Waals surface area contributed by atoms with Gasteiger partial charge in [-0.25, -0.2) is 0 Å². The highest BCUT2D eigenvalue weighted by molar-refractivity contribution is 5.76. The van der Waals surface area contributed by atoms with Gasteiger partial charge in [-0.2, -0.15) is 0 Å². The summed E-state index contributed by atoms with van der Waals surface area (Å²) < 4.78 is 5.48. The lowest BCUT2D eigenvalue weighted by atomic mass is 10.0. The average molecular weight is 1200 g/mol. The molecule has 0 saturated carbocycles. The van der Waals surface area contributed by atoms with Crippen LogP contribution in [0.25, 0.3) is 0 Å². The Balaban J connectivity index is 3.38. The maximum atomic E-state index is 12.5. The number of aliphatic hydroxyl groups excluding tert-OH is 2. The molecule has 502 valence electrons. The van der Waals surface area contributed by atoms with E-state index in [4.69, 9.17) is 4.74 Å². The molecule has 0 saturated heterocycles. The van der Waals surface area contributed by atoms with Crippen LogP contribution in [-0.2, 0) is 14.3 Å². The molecular weight excluding hydrogens is 1040 g/mol. The zero-order valence-corrected chi connectivity index (χ0v) is 57.6. The van der Waals surface area contributed by atoms with Gasteiger partial charge >= 0.3 is 5.97 Å². The number of carbonyl (C=O) groups is 2. The van der Waals surface area contributed by atoms with Gasteiger partial charge in [-0.05, 0) is 83.5 Å². The zero-order valence-electron chi connectivity index (χ0n) is 57.6. The molecule has 0 bridgehead atoms. The van der Waals surface area contributed by atoms with Crippen molar-refractivity contribution in [2.75, 3.05) is 13.2 Å². The lowest BCUT2D eigenvalue weighted by Gasteiger charge is -2.20. The highest BCUT2D eigenvalue weighted by atomic mass is 16.5. The molecule has 0 spiro atoms. The van der Waals surface area contributed by atoms with Crippen molar-refractivity contribution >= 4 is 11.9 Å². The summed E-state index contributed by atoms with van der Waals surface area (Å²) in [5, 5.41) is 23.3. The first-order valence-corrected chi connectivity index (χ1v) is 38.8. The number of unbranched alkanes of at least 4 members (excludes halogenated alkanes) is 58. The fraction of sp³-hybridized carbons (Fsp3) is 0.899. The largest absolute Gasteiger partial charge is 0.466 e. The van der Waals surface area contributed by atoms with Crippen molar-refractivity contribution in [3.8, 4) is 0 Å². The number of ether oxygens (including phenoxy) is 1. The van der Waals surface area contributed by atoms with Gasteiger partial charge < -0.3 is 20.3 Å². The van der Waals surface area contributed by atoms with E-state index in [-0.39, 0.29) is 18.5 Å². The number of aliphatic hydroxyl groups is 2. The van der Waals surface area contributed by atoms with E-state index in [1.165, 1.54) is 360 Å². The molecule has 0 aromatic carbocycles. The van der Waals surface area contributed by atoms with E-state index in [2.05, 4.69) is 43.5 Å². The normalized spacial score (nSPS) is 12.7. The van der Waals surface area contributed by atoms with Crippen molar-refractivity contribution in [3.05, 3.63) is 36.5 Å². The molecule has 0 aromatic rings. The number of carbonyl (C=O) groups excluding carboxylic acids is 2. The molecule has 2 unspecified atom stereocenters. The second kappa shape index (κ2) is 74.5. The van der Waals surface area contributed by atoms with Crippen LogP contribution in [-0.4, -0.2) is 47.4 Å². The fourth-order valence-corrected chi connectivity index (χ4v) is 12.2. The van der Waals surface area contributed by atoms with Crippen LogP contribution in [0.15, 0.2) is 36.5 Å². The maximum absolute atomic E-state index is 12.5. The smallest absolute Gasteiger partial charge is 0.305 e. The van der Waals surface area contributed by atoms with Crippen molar-refractivity contribution in [1.29, 1.82) is 0 Å². The summed E-state index contributed by atoms with van der Waals surface area (Å²) >= 11 is 0. The number of nitrogens with one attached hydrogen (secondary N) is 1. The van der Waals surface area contributed by atoms with Gasteiger partial charge in [0.25, 0.3) is 0 Å². The summed E-state index contributed by atoms with van der Waals surface area (Å²) in [5.41, 5.74) is 0. The molecule has 0 radical (unpaired) electrons. The second-order valence-corrected chi connectivity index (χ2v) is 26.7. The zero-order chi connectivity index (χ0) is 61.3. The second-order valence-electron chi connectivity index (χ2n) is 26.7. The van der Waals surface area contributed by atoms with Gasteiger partial charge in [-0.3, -0.25) is 9.59 Å². The van der Waals surface area contributed by atoms with Gasteiger partial charge in [0.2, 0.25) is 5.91 Å². The number of hydrogen-bond donors (Lipinski definition) is 3. The highest BCUT2D eigenvalue weighted by Crippen LogP contribution is 2.19. The van der Waals surface area contributed by atoms with E-state index >= 15 is 0 Å². The Hall–Kier alpha value is -1.92. The Morgan fingerprint density at radius 2 is 0.553 bits per heavy atom. The first-order chi connectivity index (χ1) is 42.0. The van der Waals surface area contributed by atoms with Crippen LogP contribution >= 0.6 is 0 Å². The van der Waals surface area contributed by atoms with Gasteiger partial charge in [0.15, 0.2) is 0 Å². The van der Waals surface area contributed by atoms with E-state index in [1.807, 2.05) is 6.08 Å². The van der Waals surface area contributed by atoms with Crippen molar-refractivity contribution in [1.82, 2.24) is 5.32 Å². The predicted molar refractivity (Wildman–Crippen MR) is 375 cm³/mol. The summed E-state index contributed by atoms with van der Waals surface area (Å²) in [6, 6.07) is -0.627. The molecule has 0 heterocycles. The van der Waals surface area contributed by atoms with Crippen LogP contribution in [0.1, 0.15) is 431 Å². The minimum absolute atomic E-state index is 0.00883. The first-order valence-electron chi connectivity index (χ1n) is 38.8. The molecule has 6 heteroatoms. The van der Waals surface area contributed by atoms with E-state index in [1.54, 1.807) is 6.08 Å². The van der Waals surface area contributed by atoms with Crippen LogP contribution in [0.4, 0.5) is 0 Å². The quantitative estimate of drug-likeness (QED) is 0.0320. The first kappa shape index (κ1) is 83.1. The fourth-order valence-electron chi connectivity index (χ4n) is 12.2. The Bertz CT molecular complexity index is 1380. The Morgan fingerprint density at radius 3 is 0.859 bits per heavy atom. The number of hydrogen-bond acceptors (Lipinski definition) is 5. The third-order valence-corrected chi connectivity index (χ3v) is 18.1. The molecule has 0 aliphatic heterocycles. The Labute approximate surface area is 532 Å². The number of amides is 1. The molecule has 0 fully saturated rings. The molecule has 0 aliphatic carbocycles. The molecule has 1 amide bonds. The number of allylic oxidation sites excluding steroid dienone is 5. The number of esters is 1. The van der Waals surface area contributed by atoms with Crippen molar-refractivity contribution in [2.45, 2.75) is 443 Å². The van der Waals surface area contributed by atoms with Gasteiger partial charge in [0, 0.05) is 12.8 Å². The van der Waals surface area contributed by atoms with Crippen LogP contribution in [0.3, 0.4) is 0 Å². The van der Waals surface area contributed by atoms with E-state index in [0.717, 1.165) is 44.9 Å².